The van der Waals surface area contributed by atoms with Crippen molar-refractivity contribution >= 4 is 17.3 Å². The average molecular weight is 365 g/mol. The summed E-state index contributed by atoms with van der Waals surface area (Å²) in [6, 6.07) is 16.5. The molecule has 0 fully saturated rings. The van der Waals surface area contributed by atoms with Crippen molar-refractivity contribution in [1.82, 2.24) is 5.01 Å². The van der Waals surface area contributed by atoms with Gasteiger partial charge in [0.1, 0.15) is 0 Å². The van der Waals surface area contributed by atoms with Crippen molar-refractivity contribution in [2.75, 3.05) is 0 Å². The van der Waals surface area contributed by atoms with Gasteiger partial charge in [-0.3, -0.25) is 14.9 Å². The minimum Gasteiger partial charge on any atom is -0.273 e. The van der Waals surface area contributed by atoms with Gasteiger partial charge in [0.2, 0.25) is 5.91 Å². The number of nitro benzene ring substituents is 1. The fourth-order valence-electron chi connectivity index (χ4n) is 3.32. The molecule has 3 rings (SSSR count). The van der Waals surface area contributed by atoms with Crippen molar-refractivity contribution in [1.29, 1.82) is 0 Å². The van der Waals surface area contributed by atoms with Crippen molar-refractivity contribution in [3.8, 4) is 0 Å². The molecular formula is C21H23N3O3. The molecule has 0 radical (unpaired) electrons. The molecule has 1 heterocycles. The molecule has 1 aliphatic rings. The molecule has 0 aromatic heterocycles. The Kier molecular flexibility index (Phi) is 5.35. The van der Waals surface area contributed by atoms with E-state index in [0.29, 0.717) is 24.1 Å². The average Bonchev–Trinajstić information content (AvgIpc) is 2.98. The van der Waals surface area contributed by atoms with E-state index in [1.807, 2.05) is 32.0 Å². The zero-order chi connectivity index (χ0) is 19.4. The van der Waals surface area contributed by atoms with E-state index in [1.54, 1.807) is 17.1 Å². The quantitative estimate of drug-likeness (QED) is 0.565. The van der Waals surface area contributed by atoms with E-state index in [9.17, 15) is 14.9 Å². The van der Waals surface area contributed by atoms with E-state index >= 15 is 0 Å². The van der Waals surface area contributed by atoms with Crippen LogP contribution in [0.25, 0.3) is 0 Å². The highest BCUT2D eigenvalue weighted by Crippen LogP contribution is 2.31. The van der Waals surface area contributed by atoms with Crippen LogP contribution < -0.4 is 0 Å². The van der Waals surface area contributed by atoms with Crippen LogP contribution in [0.4, 0.5) is 5.69 Å². The Bertz CT molecular complexity index is 875. The molecule has 1 aliphatic heterocycles. The van der Waals surface area contributed by atoms with E-state index in [1.165, 1.54) is 17.7 Å². The standard InChI is InChI=1S/C21H23N3O3/c1-21(2)15-19(17-11-7-12-18(14-17)24(26)27)22-23(21)20(25)13-6-10-16-8-4-3-5-9-16/h3-5,7-9,11-12,14H,6,10,13,15H2,1-2H3. The molecule has 0 saturated heterocycles. The number of hydrazone groups is 1. The Morgan fingerprint density at radius 1 is 1.19 bits per heavy atom. The molecule has 140 valence electrons. The molecule has 0 saturated carbocycles. The molecule has 0 atom stereocenters. The Morgan fingerprint density at radius 2 is 1.93 bits per heavy atom. The van der Waals surface area contributed by atoms with Gasteiger partial charge in [-0.2, -0.15) is 5.10 Å². The lowest BCUT2D eigenvalue weighted by Gasteiger charge is -2.28. The number of hydrogen-bond donors (Lipinski definition) is 0. The smallest absolute Gasteiger partial charge is 0.270 e. The number of nitrogens with zero attached hydrogens (tertiary/aromatic N) is 3. The van der Waals surface area contributed by atoms with E-state index in [0.717, 1.165) is 12.8 Å². The van der Waals surface area contributed by atoms with Gasteiger partial charge in [0, 0.05) is 30.5 Å². The van der Waals surface area contributed by atoms with Crippen molar-refractivity contribution in [2.45, 2.75) is 45.1 Å². The number of hydrogen-bond acceptors (Lipinski definition) is 4. The van der Waals surface area contributed by atoms with Gasteiger partial charge in [-0.1, -0.05) is 42.5 Å². The molecule has 27 heavy (non-hydrogen) atoms. The summed E-state index contributed by atoms with van der Waals surface area (Å²) >= 11 is 0. The van der Waals surface area contributed by atoms with Crippen molar-refractivity contribution in [2.24, 2.45) is 5.10 Å². The van der Waals surface area contributed by atoms with E-state index in [-0.39, 0.29) is 11.6 Å². The lowest BCUT2D eigenvalue weighted by atomic mass is 9.94. The fraction of sp³-hybridized carbons (Fsp3) is 0.333. The largest absolute Gasteiger partial charge is 0.273 e. The Labute approximate surface area is 158 Å². The number of benzene rings is 2. The third-order valence-electron chi connectivity index (χ3n) is 4.72. The predicted molar refractivity (Wildman–Crippen MR) is 105 cm³/mol. The third kappa shape index (κ3) is 4.39. The first-order valence-electron chi connectivity index (χ1n) is 9.06. The van der Waals surface area contributed by atoms with E-state index in [2.05, 4.69) is 17.2 Å². The molecule has 6 nitrogen and oxygen atoms in total. The number of carbonyl (C=O) groups is 1. The van der Waals surface area contributed by atoms with Crippen LogP contribution in [0.15, 0.2) is 59.7 Å². The van der Waals surface area contributed by atoms with Gasteiger partial charge in [0.15, 0.2) is 0 Å². The lowest BCUT2D eigenvalue weighted by molar-refractivity contribution is -0.384. The van der Waals surface area contributed by atoms with Gasteiger partial charge in [-0.05, 0) is 32.3 Å². The molecule has 1 amide bonds. The molecule has 0 aliphatic carbocycles. The first-order valence-corrected chi connectivity index (χ1v) is 9.06. The van der Waals surface area contributed by atoms with Crippen molar-refractivity contribution in [3.05, 3.63) is 75.8 Å². The molecule has 0 N–H and O–H groups in total. The molecule has 2 aromatic carbocycles. The van der Waals surface area contributed by atoms with Crippen LogP contribution in [0.3, 0.4) is 0 Å². The first kappa shape index (κ1) is 18.8. The van der Waals surface area contributed by atoms with Gasteiger partial charge >= 0.3 is 0 Å². The maximum absolute atomic E-state index is 12.7. The molecule has 6 heteroatoms. The van der Waals surface area contributed by atoms with Crippen molar-refractivity contribution in [3.63, 3.8) is 0 Å². The molecule has 0 bridgehead atoms. The van der Waals surface area contributed by atoms with Gasteiger partial charge in [0.05, 0.1) is 16.2 Å². The SMILES string of the molecule is CC1(C)CC(c2cccc([N+](=O)[O-])c2)=NN1C(=O)CCCc1ccccc1. The summed E-state index contributed by atoms with van der Waals surface area (Å²) in [7, 11) is 0. The molecule has 2 aromatic rings. The molecule has 0 unspecified atom stereocenters. The zero-order valence-corrected chi connectivity index (χ0v) is 15.6. The van der Waals surface area contributed by atoms with E-state index < -0.39 is 10.5 Å². The summed E-state index contributed by atoms with van der Waals surface area (Å²) < 4.78 is 0. The maximum Gasteiger partial charge on any atom is 0.270 e. The van der Waals surface area contributed by atoms with E-state index in [4.69, 9.17) is 0 Å². The van der Waals surface area contributed by atoms with Crippen LogP contribution in [-0.2, 0) is 11.2 Å². The van der Waals surface area contributed by atoms with Crippen LogP contribution in [-0.4, -0.2) is 27.1 Å². The predicted octanol–water partition coefficient (Wildman–Crippen LogP) is 4.33. The van der Waals surface area contributed by atoms with Crippen LogP contribution in [0.2, 0.25) is 0 Å². The zero-order valence-electron chi connectivity index (χ0n) is 15.6. The number of carbonyl (C=O) groups excluding carboxylic acids is 1. The normalized spacial score (nSPS) is 15.5. The fourth-order valence-corrected chi connectivity index (χ4v) is 3.32. The lowest BCUT2D eigenvalue weighted by Crippen LogP contribution is -2.40. The Hall–Kier alpha value is -3.02. The minimum atomic E-state index is -0.441. The number of rotatable bonds is 6. The Morgan fingerprint density at radius 3 is 2.63 bits per heavy atom. The summed E-state index contributed by atoms with van der Waals surface area (Å²) in [5.41, 5.74) is 2.20. The van der Waals surface area contributed by atoms with Crippen LogP contribution >= 0.6 is 0 Å². The topological polar surface area (TPSA) is 75.8 Å². The van der Waals surface area contributed by atoms with Gasteiger partial charge < -0.3 is 0 Å². The third-order valence-corrected chi connectivity index (χ3v) is 4.72. The van der Waals surface area contributed by atoms with Crippen LogP contribution in [0, 0.1) is 10.1 Å². The van der Waals surface area contributed by atoms with Crippen molar-refractivity contribution < 1.29 is 9.72 Å². The highest BCUT2D eigenvalue weighted by molar-refractivity contribution is 6.04. The summed E-state index contributed by atoms with van der Waals surface area (Å²) in [4.78, 5) is 23.3. The molecular weight excluding hydrogens is 342 g/mol. The second-order valence-electron chi connectivity index (χ2n) is 7.39. The number of non-ortho nitro benzene ring substituents is 1. The van der Waals surface area contributed by atoms with Crippen LogP contribution in [0.5, 0.6) is 0 Å². The van der Waals surface area contributed by atoms with Crippen LogP contribution in [0.1, 0.15) is 44.2 Å². The minimum absolute atomic E-state index is 0.0173. The highest BCUT2D eigenvalue weighted by atomic mass is 16.6. The summed E-state index contributed by atoms with van der Waals surface area (Å²) in [5.74, 6) is -0.0173. The number of aryl methyl sites for hydroxylation is 1. The first-order chi connectivity index (χ1) is 12.9. The number of nitro groups is 1. The second-order valence-corrected chi connectivity index (χ2v) is 7.39. The maximum atomic E-state index is 12.7. The Balaban J connectivity index is 1.69. The number of amides is 1. The molecule has 0 spiro atoms. The van der Waals surface area contributed by atoms with Gasteiger partial charge in [-0.25, -0.2) is 5.01 Å². The summed E-state index contributed by atoms with van der Waals surface area (Å²) in [6.45, 7) is 3.94. The monoisotopic (exact) mass is 365 g/mol. The summed E-state index contributed by atoms with van der Waals surface area (Å²) in [5, 5.41) is 17.1. The highest BCUT2D eigenvalue weighted by Gasteiger charge is 2.38. The van der Waals surface area contributed by atoms with Gasteiger partial charge in [-0.15, -0.1) is 0 Å². The summed E-state index contributed by atoms with van der Waals surface area (Å²) in [6.07, 6.45) is 2.60. The second kappa shape index (κ2) is 7.70. The van der Waals surface area contributed by atoms with Gasteiger partial charge in [0.25, 0.3) is 5.69 Å².